The van der Waals surface area contributed by atoms with Crippen molar-refractivity contribution in [1.82, 2.24) is 4.98 Å². The van der Waals surface area contributed by atoms with Crippen molar-refractivity contribution in [3.8, 4) is 11.5 Å². The minimum absolute atomic E-state index is 0.760. The van der Waals surface area contributed by atoms with Crippen LogP contribution in [0.5, 0.6) is 11.5 Å². The average molecular weight is 343 g/mol. The fraction of sp³-hybridized carbons (Fsp3) is 0.0833. The molecule has 0 aliphatic heterocycles. The second-order valence-corrected chi connectivity index (χ2v) is 5.09. The van der Waals surface area contributed by atoms with Crippen molar-refractivity contribution >= 4 is 31.9 Å². The Hall–Kier alpha value is -0.870. The Morgan fingerprint density at radius 2 is 1.94 bits per heavy atom. The number of aryl methyl sites for hydroxylation is 1. The quantitative estimate of drug-likeness (QED) is 0.788. The van der Waals surface area contributed by atoms with Gasteiger partial charge >= 0.3 is 0 Å². The molecule has 0 aliphatic rings. The van der Waals surface area contributed by atoms with Crippen molar-refractivity contribution in [2.45, 2.75) is 6.92 Å². The van der Waals surface area contributed by atoms with E-state index in [2.05, 4.69) is 36.8 Å². The molecule has 16 heavy (non-hydrogen) atoms. The molecule has 4 heteroatoms. The lowest BCUT2D eigenvalue weighted by Crippen LogP contribution is -1.89. The number of hydrogen-bond donors (Lipinski definition) is 0. The van der Waals surface area contributed by atoms with Gasteiger partial charge in [-0.15, -0.1) is 0 Å². The van der Waals surface area contributed by atoms with E-state index in [1.807, 2.05) is 31.2 Å². The standard InChI is InChI=1S/C12H9Br2NO/c1-8-2-3-9(13)6-12(8)16-11-4-5-15-7-10(11)14/h2-7H,1H3. The summed E-state index contributed by atoms with van der Waals surface area (Å²) in [6.45, 7) is 2.01. The summed E-state index contributed by atoms with van der Waals surface area (Å²) >= 11 is 6.82. The SMILES string of the molecule is Cc1ccc(Br)cc1Oc1ccncc1Br. The predicted molar refractivity (Wildman–Crippen MR) is 70.9 cm³/mol. The Bertz CT molecular complexity index is 514. The van der Waals surface area contributed by atoms with Crippen molar-refractivity contribution in [3.05, 3.63) is 51.2 Å². The van der Waals surface area contributed by atoms with Crippen LogP contribution in [0.1, 0.15) is 5.56 Å². The smallest absolute Gasteiger partial charge is 0.144 e. The maximum atomic E-state index is 5.80. The highest BCUT2D eigenvalue weighted by atomic mass is 79.9. The lowest BCUT2D eigenvalue weighted by molar-refractivity contribution is 0.475. The Kier molecular flexibility index (Phi) is 3.61. The Morgan fingerprint density at radius 3 is 2.69 bits per heavy atom. The molecule has 2 aromatic rings. The van der Waals surface area contributed by atoms with Crippen LogP contribution in [-0.2, 0) is 0 Å². The summed E-state index contributed by atoms with van der Waals surface area (Å²) in [5.74, 6) is 1.59. The molecule has 0 saturated carbocycles. The lowest BCUT2D eigenvalue weighted by Gasteiger charge is -2.10. The summed E-state index contributed by atoms with van der Waals surface area (Å²) < 4.78 is 7.64. The van der Waals surface area contributed by atoms with Crippen molar-refractivity contribution in [3.63, 3.8) is 0 Å². The molecule has 0 fully saturated rings. The zero-order valence-electron chi connectivity index (χ0n) is 8.58. The first-order valence-electron chi connectivity index (χ1n) is 4.70. The molecule has 0 radical (unpaired) electrons. The monoisotopic (exact) mass is 341 g/mol. The van der Waals surface area contributed by atoms with E-state index in [1.165, 1.54) is 0 Å². The number of pyridine rings is 1. The van der Waals surface area contributed by atoms with E-state index in [1.54, 1.807) is 12.4 Å². The minimum atomic E-state index is 0.760. The van der Waals surface area contributed by atoms with Gasteiger partial charge < -0.3 is 4.74 Å². The van der Waals surface area contributed by atoms with Crippen molar-refractivity contribution in [2.75, 3.05) is 0 Å². The van der Waals surface area contributed by atoms with Crippen LogP contribution >= 0.6 is 31.9 Å². The van der Waals surface area contributed by atoms with E-state index in [0.29, 0.717) is 0 Å². The van der Waals surface area contributed by atoms with Crippen LogP contribution in [0.3, 0.4) is 0 Å². The molecule has 1 heterocycles. The summed E-state index contributed by atoms with van der Waals surface area (Å²) in [5.41, 5.74) is 1.09. The summed E-state index contributed by atoms with van der Waals surface area (Å²) in [7, 11) is 0. The molecule has 2 nitrogen and oxygen atoms in total. The second kappa shape index (κ2) is 4.97. The summed E-state index contributed by atoms with van der Waals surface area (Å²) in [6, 6.07) is 7.77. The molecule has 0 bridgehead atoms. The van der Waals surface area contributed by atoms with Gasteiger partial charge in [0.1, 0.15) is 11.5 Å². The first-order valence-corrected chi connectivity index (χ1v) is 6.29. The summed E-state index contributed by atoms with van der Waals surface area (Å²) in [5, 5.41) is 0. The van der Waals surface area contributed by atoms with Crippen LogP contribution in [0.25, 0.3) is 0 Å². The van der Waals surface area contributed by atoms with Crippen molar-refractivity contribution < 1.29 is 4.74 Å². The first-order chi connectivity index (χ1) is 7.66. The van der Waals surface area contributed by atoms with Gasteiger partial charge in [-0.25, -0.2) is 0 Å². The third-order valence-corrected chi connectivity index (χ3v) is 3.19. The zero-order valence-corrected chi connectivity index (χ0v) is 11.7. The molecule has 0 spiro atoms. The molecular formula is C12H9Br2NO. The topological polar surface area (TPSA) is 22.1 Å². The van der Waals surface area contributed by atoms with Crippen LogP contribution in [-0.4, -0.2) is 4.98 Å². The van der Waals surface area contributed by atoms with E-state index >= 15 is 0 Å². The molecule has 0 aliphatic carbocycles. The second-order valence-electron chi connectivity index (χ2n) is 3.32. The third kappa shape index (κ3) is 2.62. The Balaban J connectivity index is 2.34. The van der Waals surface area contributed by atoms with Crippen LogP contribution in [0.2, 0.25) is 0 Å². The Labute approximate surface area is 111 Å². The third-order valence-electron chi connectivity index (χ3n) is 2.11. The largest absolute Gasteiger partial charge is 0.456 e. The number of nitrogens with zero attached hydrogens (tertiary/aromatic N) is 1. The van der Waals surface area contributed by atoms with E-state index in [-0.39, 0.29) is 0 Å². The fourth-order valence-electron chi connectivity index (χ4n) is 1.25. The number of benzene rings is 1. The lowest BCUT2D eigenvalue weighted by atomic mass is 10.2. The highest BCUT2D eigenvalue weighted by Gasteiger charge is 2.05. The van der Waals surface area contributed by atoms with Gasteiger partial charge in [0, 0.05) is 22.9 Å². The number of ether oxygens (including phenoxy) is 1. The number of aromatic nitrogens is 1. The van der Waals surface area contributed by atoms with Crippen LogP contribution < -0.4 is 4.74 Å². The molecule has 1 aromatic carbocycles. The average Bonchev–Trinajstić information content (AvgIpc) is 2.27. The van der Waals surface area contributed by atoms with Crippen LogP contribution in [0.15, 0.2) is 45.6 Å². The van der Waals surface area contributed by atoms with E-state index < -0.39 is 0 Å². The number of hydrogen-bond acceptors (Lipinski definition) is 2. The minimum Gasteiger partial charge on any atom is -0.456 e. The van der Waals surface area contributed by atoms with Gasteiger partial charge in [0.15, 0.2) is 0 Å². The van der Waals surface area contributed by atoms with Gasteiger partial charge in [0.25, 0.3) is 0 Å². The van der Waals surface area contributed by atoms with Crippen LogP contribution in [0, 0.1) is 6.92 Å². The molecule has 0 unspecified atom stereocenters. The van der Waals surface area contributed by atoms with Gasteiger partial charge in [-0.3, -0.25) is 4.98 Å². The summed E-state index contributed by atoms with van der Waals surface area (Å²) in [6.07, 6.45) is 3.41. The molecular weight excluding hydrogens is 334 g/mol. The highest BCUT2D eigenvalue weighted by molar-refractivity contribution is 9.10. The van der Waals surface area contributed by atoms with Crippen molar-refractivity contribution in [2.24, 2.45) is 0 Å². The molecule has 0 N–H and O–H groups in total. The highest BCUT2D eigenvalue weighted by Crippen LogP contribution is 2.31. The van der Waals surface area contributed by atoms with Gasteiger partial charge in [0.05, 0.1) is 4.47 Å². The molecule has 0 atom stereocenters. The van der Waals surface area contributed by atoms with E-state index in [9.17, 15) is 0 Å². The molecule has 82 valence electrons. The van der Waals surface area contributed by atoms with E-state index in [0.717, 1.165) is 26.0 Å². The molecule has 1 aromatic heterocycles. The van der Waals surface area contributed by atoms with Gasteiger partial charge in [-0.05, 0) is 40.5 Å². The maximum Gasteiger partial charge on any atom is 0.144 e. The first kappa shape index (κ1) is 11.6. The predicted octanol–water partition coefficient (Wildman–Crippen LogP) is 4.71. The van der Waals surface area contributed by atoms with Gasteiger partial charge in [-0.1, -0.05) is 22.0 Å². The molecule has 0 saturated heterocycles. The van der Waals surface area contributed by atoms with E-state index in [4.69, 9.17) is 4.74 Å². The maximum absolute atomic E-state index is 5.80. The normalized spacial score (nSPS) is 10.2. The zero-order chi connectivity index (χ0) is 11.5. The molecule has 0 amide bonds. The number of rotatable bonds is 2. The molecule has 2 rings (SSSR count). The van der Waals surface area contributed by atoms with Crippen LogP contribution in [0.4, 0.5) is 0 Å². The Morgan fingerprint density at radius 1 is 1.12 bits per heavy atom. The van der Waals surface area contributed by atoms with Gasteiger partial charge in [0.2, 0.25) is 0 Å². The van der Waals surface area contributed by atoms with Gasteiger partial charge in [-0.2, -0.15) is 0 Å². The number of halogens is 2. The fourth-order valence-corrected chi connectivity index (χ4v) is 1.92. The summed E-state index contributed by atoms with van der Waals surface area (Å²) in [4.78, 5) is 3.99. The van der Waals surface area contributed by atoms with Crippen molar-refractivity contribution in [1.29, 1.82) is 0 Å².